The maximum Gasteiger partial charge on any atom is 0.142 e. The Morgan fingerprint density at radius 1 is 1.00 bits per heavy atom. The molecule has 0 saturated heterocycles. The first-order chi connectivity index (χ1) is 9.97. The van der Waals surface area contributed by atoms with Gasteiger partial charge in [-0.15, -0.1) is 0 Å². The van der Waals surface area contributed by atoms with Gasteiger partial charge in [-0.2, -0.15) is 0 Å². The zero-order valence-corrected chi connectivity index (χ0v) is 12.3. The lowest BCUT2D eigenvalue weighted by molar-refractivity contribution is 0.130. The summed E-state index contributed by atoms with van der Waals surface area (Å²) >= 11 is 0. The van der Waals surface area contributed by atoms with Gasteiger partial charge in [-0.3, -0.25) is 0 Å². The number of oxime groups is 1. The van der Waals surface area contributed by atoms with E-state index in [4.69, 9.17) is 4.84 Å². The van der Waals surface area contributed by atoms with E-state index in [1.807, 2.05) is 0 Å². The van der Waals surface area contributed by atoms with Gasteiger partial charge in [0.25, 0.3) is 0 Å². The third kappa shape index (κ3) is 3.88. The molecule has 0 atom stereocenters. The quantitative estimate of drug-likeness (QED) is 0.599. The lowest BCUT2D eigenvalue weighted by atomic mass is 10.1. The summed E-state index contributed by atoms with van der Waals surface area (Å²) in [6.45, 7) is 5.31. The normalized spacial score (nSPS) is 11.6. The molecule has 0 aromatic heterocycles. The van der Waals surface area contributed by atoms with Crippen LogP contribution in [0.1, 0.15) is 29.2 Å². The van der Waals surface area contributed by atoms with Crippen molar-refractivity contribution in [2.24, 2.45) is 5.16 Å². The van der Waals surface area contributed by atoms with E-state index in [1.54, 1.807) is 45.0 Å². The summed E-state index contributed by atoms with van der Waals surface area (Å²) < 4.78 is 26.9. The van der Waals surface area contributed by atoms with E-state index in [0.29, 0.717) is 28.0 Å². The molecule has 0 heterocycles. The van der Waals surface area contributed by atoms with Crippen LogP contribution in [0.15, 0.2) is 41.6 Å². The van der Waals surface area contributed by atoms with E-state index < -0.39 is 0 Å². The maximum atomic E-state index is 13.5. The number of benzene rings is 2. The van der Waals surface area contributed by atoms with Crippen LogP contribution in [-0.4, -0.2) is 5.71 Å². The summed E-state index contributed by atoms with van der Waals surface area (Å²) in [6, 6.07) is 9.80. The fraction of sp³-hybridized carbons (Fsp3) is 0.235. The van der Waals surface area contributed by atoms with Crippen molar-refractivity contribution >= 4 is 5.71 Å². The molecule has 0 saturated carbocycles. The Morgan fingerprint density at radius 3 is 2.24 bits per heavy atom. The van der Waals surface area contributed by atoms with Crippen molar-refractivity contribution in [2.75, 3.05) is 0 Å². The van der Waals surface area contributed by atoms with Gasteiger partial charge in [-0.05, 0) is 49.6 Å². The molecule has 0 aliphatic rings. The van der Waals surface area contributed by atoms with Crippen LogP contribution in [0, 0.1) is 25.5 Å². The lowest BCUT2D eigenvalue weighted by Gasteiger charge is -2.05. The van der Waals surface area contributed by atoms with Gasteiger partial charge in [0.15, 0.2) is 0 Å². The molecule has 0 bridgehead atoms. The second-order valence-electron chi connectivity index (χ2n) is 5.00. The zero-order valence-electron chi connectivity index (χ0n) is 12.3. The van der Waals surface area contributed by atoms with Crippen molar-refractivity contribution in [1.82, 2.24) is 0 Å². The van der Waals surface area contributed by atoms with E-state index in [9.17, 15) is 8.78 Å². The molecule has 4 heteroatoms. The molecule has 21 heavy (non-hydrogen) atoms. The summed E-state index contributed by atoms with van der Waals surface area (Å²) in [7, 11) is 0. The van der Waals surface area contributed by atoms with Gasteiger partial charge in [0.2, 0.25) is 0 Å². The number of hydrogen-bond donors (Lipinski definition) is 0. The third-order valence-corrected chi connectivity index (χ3v) is 3.26. The Kier molecular flexibility index (Phi) is 4.68. The fourth-order valence-corrected chi connectivity index (χ4v) is 1.80. The second kappa shape index (κ2) is 6.48. The second-order valence-corrected chi connectivity index (χ2v) is 5.00. The molecule has 0 fully saturated rings. The summed E-state index contributed by atoms with van der Waals surface area (Å²) in [4.78, 5) is 5.20. The monoisotopic (exact) mass is 289 g/mol. The minimum atomic E-state index is -0.275. The van der Waals surface area contributed by atoms with Gasteiger partial charge in [0.1, 0.15) is 18.2 Å². The van der Waals surface area contributed by atoms with Crippen molar-refractivity contribution in [3.05, 3.63) is 70.3 Å². The minimum absolute atomic E-state index is 0.170. The van der Waals surface area contributed by atoms with E-state index in [-0.39, 0.29) is 18.2 Å². The van der Waals surface area contributed by atoms with E-state index >= 15 is 0 Å². The molecule has 0 spiro atoms. The van der Waals surface area contributed by atoms with E-state index in [0.717, 1.165) is 0 Å². The van der Waals surface area contributed by atoms with Crippen LogP contribution >= 0.6 is 0 Å². The van der Waals surface area contributed by atoms with Crippen LogP contribution in [0.5, 0.6) is 0 Å². The van der Waals surface area contributed by atoms with Crippen LogP contribution in [0.4, 0.5) is 8.78 Å². The molecule has 0 amide bonds. The Balaban J connectivity index is 2.03. The zero-order chi connectivity index (χ0) is 15.4. The topological polar surface area (TPSA) is 21.6 Å². The number of halogens is 2. The van der Waals surface area contributed by atoms with Gasteiger partial charge in [0, 0.05) is 5.56 Å². The first-order valence-electron chi connectivity index (χ1n) is 6.65. The predicted octanol–water partition coefficient (Wildman–Crippen LogP) is 4.52. The number of hydrogen-bond acceptors (Lipinski definition) is 2. The molecule has 2 aromatic carbocycles. The highest BCUT2D eigenvalue weighted by molar-refractivity contribution is 5.98. The summed E-state index contributed by atoms with van der Waals surface area (Å²) in [6.07, 6.45) is 0. The number of rotatable bonds is 4. The number of nitrogens with zero attached hydrogens (tertiary/aromatic N) is 1. The van der Waals surface area contributed by atoms with Crippen LogP contribution in [0.3, 0.4) is 0 Å². The highest BCUT2D eigenvalue weighted by Gasteiger charge is 2.03. The molecular weight excluding hydrogens is 272 g/mol. The maximum absolute atomic E-state index is 13.5. The Hall–Kier alpha value is -2.23. The standard InChI is InChI=1S/C17H17F2NO/c1-11-4-6-14(8-16(11)18)10-21-20-13(3)15-7-5-12(2)17(19)9-15/h4-9H,10H2,1-3H3/b20-13+. The van der Waals surface area contributed by atoms with Crippen molar-refractivity contribution in [1.29, 1.82) is 0 Å². The first kappa shape index (κ1) is 15.2. The molecule has 0 radical (unpaired) electrons. The molecule has 110 valence electrons. The van der Waals surface area contributed by atoms with Gasteiger partial charge in [-0.1, -0.05) is 29.4 Å². The van der Waals surface area contributed by atoms with Crippen LogP contribution in [0.25, 0.3) is 0 Å². The van der Waals surface area contributed by atoms with E-state index in [1.165, 1.54) is 12.1 Å². The third-order valence-electron chi connectivity index (χ3n) is 3.26. The Bertz CT molecular complexity index is 680. The highest BCUT2D eigenvalue weighted by atomic mass is 19.1. The van der Waals surface area contributed by atoms with Crippen LogP contribution in [0.2, 0.25) is 0 Å². The van der Waals surface area contributed by atoms with Crippen molar-refractivity contribution in [2.45, 2.75) is 27.4 Å². The summed E-state index contributed by atoms with van der Waals surface area (Å²) in [5.74, 6) is -0.542. The molecule has 2 aromatic rings. The van der Waals surface area contributed by atoms with E-state index in [2.05, 4.69) is 5.16 Å². The predicted molar refractivity (Wildman–Crippen MR) is 79.3 cm³/mol. The summed E-state index contributed by atoms with van der Waals surface area (Å²) in [5, 5.41) is 3.94. The molecular formula is C17H17F2NO. The van der Waals surface area contributed by atoms with Gasteiger partial charge < -0.3 is 4.84 Å². The molecule has 0 N–H and O–H groups in total. The lowest BCUT2D eigenvalue weighted by Crippen LogP contribution is -1.99. The fourth-order valence-electron chi connectivity index (χ4n) is 1.80. The van der Waals surface area contributed by atoms with Gasteiger partial charge in [0.05, 0.1) is 5.71 Å². The molecule has 0 unspecified atom stereocenters. The molecule has 2 rings (SSSR count). The van der Waals surface area contributed by atoms with Crippen LogP contribution in [-0.2, 0) is 11.4 Å². The van der Waals surface area contributed by atoms with Gasteiger partial charge in [-0.25, -0.2) is 8.78 Å². The van der Waals surface area contributed by atoms with Crippen molar-refractivity contribution in [3.8, 4) is 0 Å². The van der Waals surface area contributed by atoms with Crippen LogP contribution < -0.4 is 0 Å². The first-order valence-corrected chi connectivity index (χ1v) is 6.65. The highest BCUT2D eigenvalue weighted by Crippen LogP contribution is 2.12. The average Bonchev–Trinajstić information content (AvgIpc) is 2.45. The average molecular weight is 289 g/mol. The van der Waals surface area contributed by atoms with Gasteiger partial charge >= 0.3 is 0 Å². The Morgan fingerprint density at radius 2 is 1.62 bits per heavy atom. The SMILES string of the molecule is C/C(=N\OCc1ccc(C)c(F)c1)c1ccc(C)c(F)c1. The largest absolute Gasteiger partial charge is 0.391 e. The molecule has 0 aliphatic carbocycles. The Labute approximate surface area is 123 Å². The summed E-state index contributed by atoms with van der Waals surface area (Å²) in [5.41, 5.74) is 3.11. The molecule has 0 aliphatic heterocycles. The number of aryl methyl sites for hydroxylation is 2. The van der Waals surface area contributed by atoms with Crippen molar-refractivity contribution in [3.63, 3.8) is 0 Å². The van der Waals surface area contributed by atoms with Crippen molar-refractivity contribution < 1.29 is 13.6 Å². The molecule has 2 nitrogen and oxygen atoms in total. The smallest absolute Gasteiger partial charge is 0.142 e. The minimum Gasteiger partial charge on any atom is -0.391 e.